The Labute approximate surface area is 291 Å². The lowest BCUT2D eigenvalue weighted by atomic mass is 9.78. The number of hydrogen-bond donors (Lipinski definition) is 4. The summed E-state index contributed by atoms with van der Waals surface area (Å²) in [4.78, 5) is 24.3. The van der Waals surface area contributed by atoms with Crippen molar-refractivity contribution in [3.63, 3.8) is 0 Å². The topological polar surface area (TPSA) is 170 Å². The Morgan fingerprint density at radius 1 is 0.959 bits per heavy atom. The number of carboxylic acids is 1. The van der Waals surface area contributed by atoms with E-state index >= 15 is 0 Å². The summed E-state index contributed by atoms with van der Waals surface area (Å²) in [7, 11) is 0. The molecular formula is C37H62O12. The summed E-state index contributed by atoms with van der Waals surface area (Å²) in [6.07, 6.45) is 1.24. The number of ether oxygens (including phenoxy) is 6. The van der Waals surface area contributed by atoms with Gasteiger partial charge in [-0.1, -0.05) is 41.5 Å². The highest BCUT2D eigenvalue weighted by molar-refractivity contribution is 5.72. The number of hydrogen-bond acceptors (Lipinski definition) is 11. The van der Waals surface area contributed by atoms with Gasteiger partial charge in [-0.15, -0.1) is 0 Å². The van der Waals surface area contributed by atoms with E-state index < -0.39 is 71.5 Å². The maximum atomic E-state index is 12.3. The summed E-state index contributed by atoms with van der Waals surface area (Å²) in [5.41, 5.74) is -1.29. The van der Waals surface area contributed by atoms with Crippen molar-refractivity contribution >= 4 is 11.9 Å². The molecule has 0 radical (unpaired) electrons. The van der Waals surface area contributed by atoms with E-state index in [1.807, 2.05) is 27.7 Å². The first kappa shape index (κ1) is 38.8. The molecule has 5 rings (SSSR count). The number of carbonyl (C=O) groups excluding carboxylic acids is 1. The molecule has 5 heterocycles. The van der Waals surface area contributed by atoms with Crippen molar-refractivity contribution in [2.24, 2.45) is 35.5 Å². The van der Waals surface area contributed by atoms with Gasteiger partial charge in [-0.05, 0) is 64.7 Å². The summed E-state index contributed by atoms with van der Waals surface area (Å²) in [6, 6.07) is 0. The van der Waals surface area contributed by atoms with Gasteiger partial charge in [0.15, 0.2) is 11.6 Å². The highest BCUT2D eigenvalue weighted by Gasteiger charge is 2.61. The van der Waals surface area contributed by atoms with Gasteiger partial charge in [-0.3, -0.25) is 9.59 Å². The van der Waals surface area contributed by atoms with Crippen LogP contribution in [-0.4, -0.2) is 104 Å². The molecule has 0 aromatic rings. The van der Waals surface area contributed by atoms with Gasteiger partial charge in [0.25, 0.3) is 0 Å². The predicted octanol–water partition coefficient (Wildman–Crippen LogP) is 4.19. The molecule has 1 spiro atoms. The number of aliphatic hydroxyl groups is 3. The fourth-order valence-corrected chi connectivity index (χ4v) is 9.66. The van der Waals surface area contributed by atoms with Crippen LogP contribution in [-0.2, 0) is 38.0 Å². The first-order chi connectivity index (χ1) is 22.8. The summed E-state index contributed by atoms with van der Waals surface area (Å²) in [5.74, 6) is -5.90. The minimum absolute atomic E-state index is 0.121. The van der Waals surface area contributed by atoms with Gasteiger partial charge in [0, 0.05) is 37.0 Å². The van der Waals surface area contributed by atoms with Crippen LogP contribution in [0.1, 0.15) is 114 Å². The minimum Gasteiger partial charge on any atom is -0.481 e. The molecule has 0 aromatic carbocycles. The molecule has 5 fully saturated rings. The Bertz CT molecular complexity index is 1200. The molecule has 12 heteroatoms. The number of aliphatic carboxylic acids is 1. The first-order valence-electron chi connectivity index (χ1n) is 18.6. The number of carboxylic acid groups (broad SMARTS) is 1. The van der Waals surface area contributed by atoms with Crippen molar-refractivity contribution in [2.75, 3.05) is 6.61 Å². The van der Waals surface area contributed by atoms with Crippen LogP contribution in [0, 0.1) is 35.5 Å². The smallest absolute Gasteiger partial charge is 0.309 e. The summed E-state index contributed by atoms with van der Waals surface area (Å²) >= 11 is 0. The average molecular weight is 699 g/mol. The number of aliphatic hydroxyl groups excluding tert-OH is 2. The predicted molar refractivity (Wildman–Crippen MR) is 177 cm³/mol. The molecule has 0 aromatic heterocycles. The van der Waals surface area contributed by atoms with Crippen LogP contribution < -0.4 is 0 Å². The molecule has 5 aliphatic rings. The Balaban J connectivity index is 1.27. The Morgan fingerprint density at radius 2 is 1.65 bits per heavy atom. The molecular weight excluding hydrogens is 636 g/mol. The van der Waals surface area contributed by atoms with Gasteiger partial charge < -0.3 is 48.8 Å². The van der Waals surface area contributed by atoms with Crippen molar-refractivity contribution < 1.29 is 58.4 Å². The first-order valence-corrected chi connectivity index (χ1v) is 18.6. The highest BCUT2D eigenvalue weighted by atomic mass is 16.7. The van der Waals surface area contributed by atoms with Gasteiger partial charge in [0.2, 0.25) is 0 Å². The third kappa shape index (κ3) is 7.32. The van der Waals surface area contributed by atoms with Crippen LogP contribution in [0.3, 0.4) is 0 Å². The molecule has 17 atom stereocenters. The largest absolute Gasteiger partial charge is 0.481 e. The van der Waals surface area contributed by atoms with Gasteiger partial charge in [-0.25, -0.2) is 0 Å². The molecule has 0 aliphatic carbocycles. The van der Waals surface area contributed by atoms with Gasteiger partial charge in [-0.2, -0.15) is 0 Å². The normalized spacial score (nSPS) is 49.1. The lowest BCUT2D eigenvalue weighted by molar-refractivity contribution is -0.335. The molecule has 4 N–H and O–H groups in total. The number of rotatable bonds is 10. The van der Waals surface area contributed by atoms with Gasteiger partial charge >= 0.3 is 11.9 Å². The van der Waals surface area contributed by atoms with E-state index in [2.05, 4.69) is 20.8 Å². The van der Waals surface area contributed by atoms with E-state index in [9.17, 15) is 30.0 Å². The summed E-state index contributed by atoms with van der Waals surface area (Å²) < 4.78 is 39.1. The number of esters is 1. The summed E-state index contributed by atoms with van der Waals surface area (Å²) in [6.45, 7) is 16.7. The fourth-order valence-electron chi connectivity index (χ4n) is 9.66. The van der Waals surface area contributed by atoms with Crippen molar-refractivity contribution in [1.82, 2.24) is 0 Å². The third-order valence-corrected chi connectivity index (χ3v) is 12.9. The van der Waals surface area contributed by atoms with E-state index in [4.69, 9.17) is 28.4 Å². The van der Waals surface area contributed by atoms with E-state index in [1.165, 1.54) is 6.92 Å². The van der Waals surface area contributed by atoms with Crippen molar-refractivity contribution in [3.05, 3.63) is 0 Å². The van der Waals surface area contributed by atoms with E-state index in [0.717, 1.165) is 25.7 Å². The Kier molecular flexibility index (Phi) is 11.3. The zero-order valence-electron chi connectivity index (χ0n) is 30.9. The molecule has 5 saturated heterocycles. The van der Waals surface area contributed by atoms with Crippen LogP contribution in [0.5, 0.6) is 0 Å². The number of carbonyl (C=O) groups is 2. The van der Waals surface area contributed by atoms with Crippen LogP contribution in [0.4, 0.5) is 0 Å². The second kappa shape index (κ2) is 14.2. The van der Waals surface area contributed by atoms with Crippen LogP contribution >= 0.6 is 0 Å². The van der Waals surface area contributed by atoms with Crippen LogP contribution in [0.2, 0.25) is 0 Å². The minimum atomic E-state index is -1.58. The lowest BCUT2D eigenvalue weighted by Crippen LogP contribution is -2.57. The lowest BCUT2D eigenvalue weighted by Gasteiger charge is -2.48. The maximum Gasteiger partial charge on any atom is 0.309 e. The van der Waals surface area contributed by atoms with Crippen molar-refractivity contribution in [1.29, 1.82) is 0 Å². The molecule has 12 nitrogen and oxygen atoms in total. The molecule has 0 amide bonds. The Hall–Kier alpha value is -1.38. The van der Waals surface area contributed by atoms with Gasteiger partial charge in [0.1, 0.15) is 6.10 Å². The molecule has 282 valence electrons. The second-order valence-corrected chi connectivity index (χ2v) is 16.8. The fraction of sp³-hybridized carbons (Fsp3) is 0.946. The molecule has 0 bridgehead atoms. The zero-order chi connectivity index (χ0) is 36.3. The quantitative estimate of drug-likeness (QED) is 0.240. The molecule has 49 heavy (non-hydrogen) atoms. The molecule has 14 unspecified atom stereocenters. The zero-order valence-corrected chi connectivity index (χ0v) is 30.9. The van der Waals surface area contributed by atoms with E-state index in [-0.39, 0.29) is 60.9 Å². The monoisotopic (exact) mass is 698 g/mol. The molecule has 0 saturated carbocycles. The van der Waals surface area contributed by atoms with Gasteiger partial charge in [0.05, 0.1) is 60.4 Å². The SMILES string of the molecule is CCC(=O)OC(C(C)C(=O)O)C(C)C1OC2(CC[C@@](C)(C3CC[C@@](C)(C4OC(C5O[C@@](O)(CO)C(C)CC5C)CC4C)O3)O2)CC(O)C1C. The Morgan fingerprint density at radius 3 is 2.29 bits per heavy atom. The standard InChI is InChI=1S/C37H62O12/c1-10-28(40)45-30(24(7)33(41)42)23(6)31-22(5)25(39)17-36(47-31)14-13-34(8,49-36)27-11-12-35(9,46-27)32-20(3)16-26(44-32)29-19(2)15-21(4)37(43,18-38)48-29/h19-27,29-32,38-39,43H,10-18H2,1-9H3,(H,41,42)/t19?,20?,21?,22?,23?,24?,25?,26?,27?,29?,30?,31?,32?,34-,35-,36?,37-/m0/s1. The maximum absolute atomic E-state index is 12.3. The van der Waals surface area contributed by atoms with Crippen molar-refractivity contribution in [3.8, 4) is 0 Å². The summed E-state index contributed by atoms with van der Waals surface area (Å²) in [5, 5.41) is 42.0. The third-order valence-electron chi connectivity index (χ3n) is 12.9. The van der Waals surface area contributed by atoms with Crippen LogP contribution in [0.15, 0.2) is 0 Å². The van der Waals surface area contributed by atoms with E-state index in [0.29, 0.717) is 12.8 Å². The van der Waals surface area contributed by atoms with Crippen LogP contribution in [0.25, 0.3) is 0 Å². The molecule has 5 aliphatic heterocycles. The highest BCUT2D eigenvalue weighted by Crippen LogP contribution is 2.54. The van der Waals surface area contributed by atoms with Crippen molar-refractivity contribution in [2.45, 2.75) is 179 Å². The second-order valence-electron chi connectivity index (χ2n) is 16.8. The average Bonchev–Trinajstić information content (AvgIpc) is 3.74. The van der Waals surface area contributed by atoms with E-state index in [1.54, 1.807) is 6.92 Å².